The number of anilines is 2. The summed E-state index contributed by atoms with van der Waals surface area (Å²) >= 11 is 2.90. The topological polar surface area (TPSA) is 182 Å². The molecule has 5 rings (SSSR count). The first-order valence-electron chi connectivity index (χ1n) is 21.7. The molecule has 3 heterocycles. The van der Waals surface area contributed by atoms with Gasteiger partial charge in [0.05, 0.1) is 30.5 Å². The molecule has 0 aliphatic rings. The van der Waals surface area contributed by atoms with Crippen molar-refractivity contribution in [1.29, 1.82) is 0 Å². The normalized spacial score (nSPS) is 11.8. The van der Waals surface area contributed by atoms with Gasteiger partial charge in [-0.2, -0.15) is 4.99 Å². The van der Waals surface area contributed by atoms with Gasteiger partial charge in [-0.05, 0) is 107 Å². The number of rotatable bonds is 21. The molecule has 0 saturated carbocycles. The molecule has 0 fully saturated rings. The molecule has 0 aliphatic carbocycles. The monoisotopic (exact) mass is 958 g/mol. The van der Waals surface area contributed by atoms with Crippen molar-refractivity contribution in [1.82, 2.24) is 24.6 Å². The van der Waals surface area contributed by atoms with E-state index in [-0.39, 0.29) is 24.6 Å². The van der Waals surface area contributed by atoms with Crippen LogP contribution in [0.4, 0.5) is 26.0 Å². The second-order valence-electron chi connectivity index (χ2n) is 17.6. The van der Waals surface area contributed by atoms with E-state index in [0.717, 1.165) is 33.0 Å². The van der Waals surface area contributed by atoms with Crippen molar-refractivity contribution >= 4 is 69.8 Å². The Hall–Kier alpha value is -5.84. The van der Waals surface area contributed by atoms with Crippen LogP contribution in [-0.4, -0.2) is 97.4 Å². The average molecular weight is 959 g/mol. The van der Waals surface area contributed by atoms with E-state index < -0.39 is 31.6 Å². The maximum Gasteiger partial charge on any atom is 0.410 e. The number of hydrogen-bond donors (Lipinski definition) is 0. The van der Waals surface area contributed by atoms with Crippen molar-refractivity contribution in [2.75, 3.05) is 51.9 Å². The van der Waals surface area contributed by atoms with Crippen LogP contribution in [0.15, 0.2) is 58.6 Å². The van der Waals surface area contributed by atoms with E-state index in [1.54, 1.807) is 45.2 Å². The molecule has 0 atom stereocenters. The number of halogens is 1. The molecule has 3 aromatic heterocycles. The molecule has 5 aromatic rings. The highest BCUT2D eigenvalue weighted by atomic mass is 32.1. The SMILES string of the molecule is COC(=O)c1nc(N(CCCCCN=[N+]=[N-])c2cc(C)c(N=c3sc4ccccc4n3COCC[Si](C)(C)C)nn2)sc1CCCOc1ccc(C#CCN(C)C(=O)OC(C)(C)C)cc1F. The molecule has 352 valence electrons. The zero-order valence-corrected chi connectivity index (χ0v) is 41.9. The maximum absolute atomic E-state index is 15.1. The van der Waals surface area contributed by atoms with Gasteiger partial charge in [-0.3, -0.25) is 4.57 Å². The number of azide groups is 1. The number of benzene rings is 2. The van der Waals surface area contributed by atoms with Crippen molar-refractivity contribution < 1.29 is 32.9 Å². The minimum Gasteiger partial charge on any atom is -0.491 e. The summed E-state index contributed by atoms with van der Waals surface area (Å²) in [6.45, 7) is 16.5. The van der Waals surface area contributed by atoms with Crippen LogP contribution in [-0.2, 0) is 27.4 Å². The molecule has 66 heavy (non-hydrogen) atoms. The van der Waals surface area contributed by atoms with Crippen LogP contribution in [0, 0.1) is 24.6 Å². The zero-order valence-electron chi connectivity index (χ0n) is 39.2. The number of para-hydroxylation sites is 1. The van der Waals surface area contributed by atoms with Crippen LogP contribution >= 0.6 is 22.7 Å². The van der Waals surface area contributed by atoms with Crippen molar-refractivity contribution in [2.24, 2.45) is 10.1 Å². The van der Waals surface area contributed by atoms with Crippen LogP contribution in [0.2, 0.25) is 25.7 Å². The summed E-state index contributed by atoms with van der Waals surface area (Å²) in [5.74, 6) is 5.63. The van der Waals surface area contributed by atoms with Gasteiger partial charge in [0.25, 0.3) is 0 Å². The second-order valence-corrected chi connectivity index (χ2v) is 25.3. The first-order valence-corrected chi connectivity index (χ1v) is 27.1. The summed E-state index contributed by atoms with van der Waals surface area (Å²) in [5.41, 5.74) is 10.5. The molecule has 0 unspecified atom stereocenters. The van der Waals surface area contributed by atoms with Gasteiger partial charge < -0.3 is 28.7 Å². The predicted molar refractivity (Wildman–Crippen MR) is 260 cm³/mol. The number of ether oxygens (including phenoxy) is 4. The minimum absolute atomic E-state index is 0.0633. The molecule has 2 aromatic carbocycles. The Morgan fingerprint density at radius 3 is 2.53 bits per heavy atom. The van der Waals surface area contributed by atoms with Crippen molar-refractivity contribution in [3.8, 4) is 17.6 Å². The summed E-state index contributed by atoms with van der Waals surface area (Å²) in [6, 6.07) is 15.5. The Morgan fingerprint density at radius 1 is 1.03 bits per heavy atom. The number of unbranched alkanes of at least 4 members (excludes halogenated alkanes) is 2. The molecular formula is C46H59FN10O6S2Si. The molecule has 0 N–H and O–H groups in total. The van der Waals surface area contributed by atoms with Crippen LogP contribution in [0.3, 0.4) is 0 Å². The van der Waals surface area contributed by atoms with Gasteiger partial charge in [0.1, 0.15) is 12.3 Å². The summed E-state index contributed by atoms with van der Waals surface area (Å²) in [5, 5.41) is 13.4. The van der Waals surface area contributed by atoms with Gasteiger partial charge in [-0.1, -0.05) is 66.5 Å². The largest absolute Gasteiger partial charge is 0.491 e. The van der Waals surface area contributed by atoms with Gasteiger partial charge in [-0.15, -0.1) is 21.5 Å². The molecule has 16 nitrogen and oxygen atoms in total. The number of esters is 1. The zero-order chi connectivity index (χ0) is 47.9. The number of carbonyl (C=O) groups excluding carboxylic acids is 2. The smallest absolute Gasteiger partial charge is 0.410 e. The van der Waals surface area contributed by atoms with Crippen LogP contribution in [0.1, 0.15) is 72.9 Å². The molecule has 0 spiro atoms. The molecule has 20 heteroatoms. The quantitative estimate of drug-likeness (QED) is 0.0130. The lowest BCUT2D eigenvalue weighted by atomic mass is 10.2. The van der Waals surface area contributed by atoms with E-state index in [1.807, 2.05) is 30.0 Å². The summed E-state index contributed by atoms with van der Waals surface area (Å²) in [7, 11) is 1.62. The number of aromatic nitrogens is 4. The molecule has 0 saturated heterocycles. The number of aryl methyl sites for hydroxylation is 2. The number of nitrogens with zero attached hydrogens (tertiary/aromatic N) is 10. The first-order chi connectivity index (χ1) is 31.5. The Balaban J connectivity index is 1.33. The summed E-state index contributed by atoms with van der Waals surface area (Å²) in [4.78, 5) is 42.6. The Kier molecular flexibility index (Phi) is 18.7. The summed E-state index contributed by atoms with van der Waals surface area (Å²) in [6.07, 6.45) is 2.54. The number of amides is 1. The Labute approximate surface area is 394 Å². The lowest BCUT2D eigenvalue weighted by Crippen LogP contribution is -2.34. The van der Waals surface area contributed by atoms with Gasteiger partial charge in [0.15, 0.2) is 38.8 Å². The maximum atomic E-state index is 15.1. The number of thiazole rings is 2. The number of fused-ring (bicyclic) bond motifs is 1. The van der Waals surface area contributed by atoms with Gasteiger partial charge in [-0.25, -0.2) is 19.0 Å². The third-order valence-electron chi connectivity index (χ3n) is 9.72. The van der Waals surface area contributed by atoms with E-state index in [0.29, 0.717) is 79.3 Å². The van der Waals surface area contributed by atoms with Crippen molar-refractivity contribution in [3.05, 3.63) is 91.3 Å². The lowest BCUT2D eigenvalue weighted by Gasteiger charge is -2.23. The number of hydrogen-bond acceptors (Lipinski definition) is 14. The van der Waals surface area contributed by atoms with E-state index in [1.165, 1.54) is 35.5 Å². The van der Waals surface area contributed by atoms with Gasteiger partial charge >= 0.3 is 12.1 Å². The van der Waals surface area contributed by atoms with E-state index >= 15 is 4.39 Å². The van der Waals surface area contributed by atoms with Gasteiger partial charge in [0, 0.05) is 50.2 Å². The lowest BCUT2D eigenvalue weighted by molar-refractivity contribution is 0.0320. The fourth-order valence-corrected chi connectivity index (χ4v) is 9.10. The minimum atomic E-state index is -1.26. The standard InChI is InChI=1S/C46H59FN10O6S2Si/c1-32-29-39(52-53-41(32)51-44-57(31-61-27-28-66(7,8)9)35-18-11-12-19-37(35)64-44)56(25-14-10-13-23-49-54-48)43-50-40(42(58)60-6)38(65-43)20-16-26-62-36-22-21-33(30-34(36)47)17-15-24-55(5)45(59)63-46(2,3)4/h11-12,18-19,21-22,29-30H,10,13-14,16,20,23-28,31H2,1-9H3. The third kappa shape index (κ3) is 15.4. The number of methoxy groups -OCH3 is 1. The molecular weight excluding hydrogens is 900 g/mol. The first kappa shape index (κ1) is 51.1. The molecule has 0 bridgehead atoms. The number of carbonyl (C=O) groups is 2. The fourth-order valence-electron chi connectivity index (χ4n) is 6.20. The van der Waals surface area contributed by atoms with E-state index in [4.69, 9.17) is 34.5 Å². The fraction of sp³-hybridized carbons (Fsp3) is 0.478. The highest BCUT2D eigenvalue weighted by Crippen LogP contribution is 2.34. The van der Waals surface area contributed by atoms with E-state index in [9.17, 15) is 9.59 Å². The summed E-state index contributed by atoms with van der Waals surface area (Å²) < 4.78 is 40.7. The Morgan fingerprint density at radius 2 is 1.82 bits per heavy atom. The highest BCUT2D eigenvalue weighted by Gasteiger charge is 2.25. The van der Waals surface area contributed by atoms with Crippen LogP contribution in [0.25, 0.3) is 20.7 Å². The molecule has 0 aliphatic heterocycles. The molecule has 1 amide bonds. The van der Waals surface area contributed by atoms with E-state index in [2.05, 4.69) is 68.4 Å². The Bertz CT molecular complexity index is 2640. The predicted octanol–water partition coefficient (Wildman–Crippen LogP) is 10.6. The highest BCUT2D eigenvalue weighted by molar-refractivity contribution is 7.16. The average Bonchev–Trinajstić information content (AvgIpc) is 3.84. The van der Waals surface area contributed by atoms with Crippen LogP contribution in [0.5, 0.6) is 5.75 Å². The van der Waals surface area contributed by atoms with Crippen molar-refractivity contribution in [2.45, 2.75) is 97.8 Å². The molecule has 0 radical (unpaired) electrons. The van der Waals surface area contributed by atoms with Crippen molar-refractivity contribution in [3.63, 3.8) is 0 Å². The van der Waals surface area contributed by atoms with Gasteiger partial charge in [0.2, 0.25) is 0 Å². The van der Waals surface area contributed by atoms with Crippen LogP contribution < -0.4 is 14.4 Å². The second kappa shape index (κ2) is 24.1. The third-order valence-corrected chi connectivity index (χ3v) is 13.6.